The van der Waals surface area contributed by atoms with Gasteiger partial charge in [-0.2, -0.15) is 0 Å². The summed E-state index contributed by atoms with van der Waals surface area (Å²) in [6.45, 7) is 3.92. The molecule has 0 aromatic heterocycles. The molecule has 0 saturated heterocycles. The van der Waals surface area contributed by atoms with Crippen molar-refractivity contribution in [3.8, 4) is 0 Å². The van der Waals surface area contributed by atoms with Crippen LogP contribution in [-0.2, 0) is 0 Å². The van der Waals surface area contributed by atoms with Crippen LogP contribution in [0.2, 0.25) is 0 Å². The lowest BCUT2D eigenvalue weighted by atomic mass is 10.1. The molecule has 0 saturated carbocycles. The average Bonchev–Trinajstić information content (AvgIpc) is 2.08. The van der Waals surface area contributed by atoms with Crippen LogP contribution in [0.1, 0.15) is 24.2 Å². The summed E-state index contributed by atoms with van der Waals surface area (Å²) in [5.74, 6) is -0.944. The van der Waals surface area contributed by atoms with E-state index < -0.39 is 5.97 Å². The Morgan fingerprint density at radius 1 is 1.40 bits per heavy atom. The van der Waals surface area contributed by atoms with Gasteiger partial charge in [-0.3, -0.25) is 0 Å². The summed E-state index contributed by atoms with van der Waals surface area (Å²) in [7, 11) is 0. The van der Waals surface area contributed by atoms with Gasteiger partial charge in [-0.1, -0.05) is 15.9 Å². The van der Waals surface area contributed by atoms with E-state index in [0.29, 0.717) is 5.69 Å². The van der Waals surface area contributed by atoms with Crippen molar-refractivity contribution in [1.29, 1.82) is 0 Å². The fraction of sp³-hybridized carbons (Fsp3) is 0.300. The molecule has 0 unspecified atom stereocenters. The van der Waals surface area contributed by atoms with Crippen molar-refractivity contribution in [2.45, 2.75) is 19.9 Å². The predicted octanol–water partition coefficient (Wildman–Crippen LogP) is 3.73. The summed E-state index contributed by atoms with van der Waals surface area (Å²) in [5.41, 5.74) is 0.866. The minimum atomic E-state index is -0.944. The third-order valence-corrected chi connectivity index (χ3v) is 2.80. The summed E-state index contributed by atoms with van der Waals surface area (Å²) in [4.78, 5) is 11.0. The van der Waals surface area contributed by atoms with Gasteiger partial charge in [-0.15, -0.1) is 0 Å². The van der Waals surface area contributed by atoms with Crippen molar-refractivity contribution in [2.75, 3.05) is 5.32 Å². The lowest BCUT2D eigenvalue weighted by Crippen LogP contribution is -2.14. The van der Waals surface area contributed by atoms with Crippen molar-refractivity contribution in [3.63, 3.8) is 0 Å². The number of carboxylic acids is 1. The molecule has 0 aliphatic heterocycles. The molecular weight excluding hydrogens is 326 g/mol. The molecule has 82 valence electrons. The second-order valence-corrected chi connectivity index (χ2v) is 5.18. The second-order valence-electron chi connectivity index (χ2n) is 3.41. The Hall–Kier alpha value is -0.550. The Morgan fingerprint density at radius 2 is 2.00 bits per heavy atom. The summed E-state index contributed by atoms with van der Waals surface area (Å²) >= 11 is 6.60. The molecule has 0 aliphatic rings. The Labute approximate surface area is 105 Å². The van der Waals surface area contributed by atoms with Crippen LogP contribution in [-0.4, -0.2) is 17.1 Å². The van der Waals surface area contributed by atoms with Crippen molar-refractivity contribution < 1.29 is 9.90 Å². The first-order chi connectivity index (χ1) is 6.91. The van der Waals surface area contributed by atoms with Crippen LogP contribution in [0, 0.1) is 0 Å². The maximum atomic E-state index is 11.0. The molecule has 0 radical (unpaired) electrons. The lowest BCUT2D eigenvalue weighted by molar-refractivity contribution is 0.0698. The third kappa shape index (κ3) is 3.21. The summed E-state index contributed by atoms with van der Waals surface area (Å²) < 4.78 is 1.48. The van der Waals surface area contributed by atoms with Crippen LogP contribution in [0.25, 0.3) is 0 Å². The largest absolute Gasteiger partial charge is 0.478 e. The smallest absolute Gasteiger partial charge is 0.337 e. The number of aromatic carboxylic acids is 1. The molecule has 0 bridgehead atoms. The molecule has 15 heavy (non-hydrogen) atoms. The summed E-state index contributed by atoms with van der Waals surface area (Å²) in [6, 6.07) is 3.58. The maximum absolute atomic E-state index is 11.0. The third-order valence-electron chi connectivity index (χ3n) is 1.72. The van der Waals surface area contributed by atoms with Gasteiger partial charge in [0.1, 0.15) is 0 Å². The molecule has 3 nitrogen and oxygen atoms in total. The SMILES string of the molecule is CC(C)Nc1c(Br)cc(Br)cc1C(=O)O. The van der Waals surface area contributed by atoms with E-state index in [2.05, 4.69) is 37.2 Å². The molecule has 5 heteroatoms. The van der Waals surface area contributed by atoms with Gasteiger partial charge >= 0.3 is 5.97 Å². The minimum Gasteiger partial charge on any atom is -0.478 e. The van der Waals surface area contributed by atoms with Gasteiger partial charge in [-0.25, -0.2) is 4.79 Å². The first kappa shape index (κ1) is 12.5. The number of rotatable bonds is 3. The fourth-order valence-corrected chi connectivity index (χ4v) is 2.52. The summed E-state index contributed by atoms with van der Waals surface area (Å²) in [5, 5.41) is 12.1. The Kier molecular flexibility index (Phi) is 4.16. The molecule has 1 aromatic rings. The first-order valence-electron chi connectivity index (χ1n) is 4.40. The molecule has 0 aliphatic carbocycles. The number of hydrogen-bond donors (Lipinski definition) is 2. The van der Waals surface area contributed by atoms with Crippen molar-refractivity contribution in [3.05, 3.63) is 26.6 Å². The average molecular weight is 337 g/mol. The molecule has 0 fully saturated rings. The molecule has 1 aromatic carbocycles. The zero-order valence-electron chi connectivity index (χ0n) is 8.34. The number of carbonyl (C=O) groups is 1. The summed E-state index contributed by atoms with van der Waals surface area (Å²) in [6.07, 6.45) is 0. The van der Waals surface area contributed by atoms with Gasteiger partial charge in [0.2, 0.25) is 0 Å². The zero-order chi connectivity index (χ0) is 11.6. The van der Waals surface area contributed by atoms with E-state index in [1.165, 1.54) is 0 Å². The number of hydrogen-bond acceptors (Lipinski definition) is 2. The first-order valence-corrected chi connectivity index (χ1v) is 5.99. The number of nitrogens with one attached hydrogen (secondary N) is 1. The highest BCUT2D eigenvalue weighted by atomic mass is 79.9. The van der Waals surface area contributed by atoms with Crippen LogP contribution >= 0.6 is 31.9 Å². The maximum Gasteiger partial charge on any atom is 0.337 e. The van der Waals surface area contributed by atoms with E-state index in [1.54, 1.807) is 6.07 Å². The minimum absolute atomic E-state index is 0.181. The fourth-order valence-electron chi connectivity index (χ4n) is 1.18. The van der Waals surface area contributed by atoms with Gasteiger partial charge < -0.3 is 10.4 Å². The standard InChI is InChI=1S/C10H11Br2NO2/c1-5(2)13-9-7(10(14)15)3-6(11)4-8(9)12/h3-5,13H,1-2H3,(H,14,15). The molecule has 0 atom stereocenters. The van der Waals surface area contributed by atoms with Crippen LogP contribution < -0.4 is 5.32 Å². The van der Waals surface area contributed by atoms with Gasteiger partial charge in [0.05, 0.1) is 11.3 Å². The Bertz CT molecular complexity index is 391. The van der Waals surface area contributed by atoms with Crippen molar-refractivity contribution >= 4 is 43.5 Å². The van der Waals surface area contributed by atoms with E-state index in [9.17, 15) is 4.79 Å². The number of anilines is 1. The molecule has 1 rings (SSSR count). The zero-order valence-corrected chi connectivity index (χ0v) is 11.5. The topological polar surface area (TPSA) is 49.3 Å². The highest BCUT2D eigenvalue weighted by Crippen LogP contribution is 2.31. The van der Waals surface area contributed by atoms with E-state index in [4.69, 9.17) is 5.11 Å². The normalized spacial score (nSPS) is 10.5. The quantitative estimate of drug-likeness (QED) is 0.884. The van der Waals surface area contributed by atoms with Crippen LogP contribution in [0.4, 0.5) is 5.69 Å². The Balaban J connectivity index is 3.27. The molecular formula is C10H11Br2NO2. The van der Waals surface area contributed by atoms with Crippen LogP contribution in [0.3, 0.4) is 0 Å². The predicted molar refractivity (Wildman–Crippen MR) is 67.6 cm³/mol. The van der Waals surface area contributed by atoms with E-state index in [-0.39, 0.29) is 11.6 Å². The van der Waals surface area contributed by atoms with E-state index in [1.807, 2.05) is 19.9 Å². The van der Waals surface area contributed by atoms with Gasteiger partial charge in [-0.05, 0) is 41.9 Å². The van der Waals surface area contributed by atoms with E-state index >= 15 is 0 Å². The highest BCUT2D eigenvalue weighted by molar-refractivity contribution is 9.11. The monoisotopic (exact) mass is 335 g/mol. The van der Waals surface area contributed by atoms with Crippen LogP contribution in [0.15, 0.2) is 21.1 Å². The van der Waals surface area contributed by atoms with Crippen molar-refractivity contribution in [1.82, 2.24) is 0 Å². The molecule has 2 N–H and O–H groups in total. The van der Waals surface area contributed by atoms with Gasteiger partial charge in [0, 0.05) is 15.0 Å². The molecule has 0 spiro atoms. The lowest BCUT2D eigenvalue weighted by Gasteiger charge is -2.15. The number of carboxylic acid groups (broad SMARTS) is 1. The van der Waals surface area contributed by atoms with Gasteiger partial charge in [0.25, 0.3) is 0 Å². The second kappa shape index (κ2) is 4.99. The molecule has 0 amide bonds. The Morgan fingerprint density at radius 3 is 2.47 bits per heavy atom. The molecule has 0 heterocycles. The number of benzene rings is 1. The van der Waals surface area contributed by atoms with Crippen LogP contribution in [0.5, 0.6) is 0 Å². The van der Waals surface area contributed by atoms with Crippen molar-refractivity contribution in [2.24, 2.45) is 0 Å². The number of halogens is 2. The highest BCUT2D eigenvalue weighted by Gasteiger charge is 2.14. The van der Waals surface area contributed by atoms with Gasteiger partial charge in [0.15, 0.2) is 0 Å². The van der Waals surface area contributed by atoms with E-state index in [0.717, 1.165) is 8.95 Å².